The van der Waals surface area contributed by atoms with Crippen molar-refractivity contribution < 1.29 is 9.53 Å². The number of anilines is 1. The van der Waals surface area contributed by atoms with Crippen LogP contribution in [-0.2, 0) is 16.0 Å². The molecule has 2 aliphatic heterocycles. The molecule has 1 N–H and O–H groups in total. The maximum absolute atomic E-state index is 12.6. The molecule has 0 aliphatic carbocycles. The maximum Gasteiger partial charge on any atom is 0.245 e. The van der Waals surface area contributed by atoms with E-state index in [9.17, 15) is 4.79 Å². The number of likely N-dealkylation sites (tertiary alicyclic amines) is 1. The van der Waals surface area contributed by atoms with E-state index in [1.807, 2.05) is 23.1 Å². The summed E-state index contributed by atoms with van der Waals surface area (Å²) in [5, 5.41) is 3.35. The Bertz CT molecular complexity index is 456. The molecular weight excluding hydrogens is 252 g/mol. The van der Waals surface area contributed by atoms with Gasteiger partial charge in [-0.3, -0.25) is 4.79 Å². The third-order valence-electron chi connectivity index (χ3n) is 4.40. The quantitative estimate of drug-likeness (QED) is 0.915. The van der Waals surface area contributed by atoms with E-state index in [1.165, 1.54) is 5.56 Å². The first kappa shape index (κ1) is 13.4. The Labute approximate surface area is 120 Å². The van der Waals surface area contributed by atoms with Gasteiger partial charge < -0.3 is 15.0 Å². The number of hydrogen-bond acceptors (Lipinski definition) is 3. The summed E-state index contributed by atoms with van der Waals surface area (Å²) in [5.41, 5.74) is 2.36. The Morgan fingerprint density at radius 2 is 2.10 bits per heavy atom. The lowest BCUT2D eigenvalue weighted by atomic mass is 9.97. The third-order valence-corrected chi connectivity index (χ3v) is 4.40. The molecule has 3 rings (SSSR count). The summed E-state index contributed by atoms with van der Waals surface area (Å²) in [6, 6.07) is 8.11. The molecule has 1 aromatic rings. The number of benzene rings is 1. The number of fused-ring (bicyclic) bond motifs is 1. The normalized spacial score (nSPS) is 22.4. The van der Waals surface area contributed by atoms with Crippen molar-refractivity contribution in [2.45, 2.75) is 25.3 Å². The molecular formula is C16H22N2O2. The summed E-state index contributed by atoms with van der Waals surface area (Å²) in [6.45, 7) is 2.54. The standard InChI is InChI=1S/C16H22N2O2/c1-20-11-12-6-8-18(9-7-12)16(19)15-10-13-4-2-3-5-14(13)17-15/h2-5,12,15,17H,6-11H2,1H3/t15-/m0/s1. The first-order valence-electron chi connectivity index (χ1n) is 7.40. The Hall–Kier alpha value is -1.55. The second-order valence-corrected chi connectivity index (χ2v) is 5.78. The molecule has 4 nitrogen and oxygen atoms in total. The van der Waals surface area contributed by atoms with Crippen LogP contribution in [0.4, 0.5) is 5.69 Å². The molecule has 108 valence electrons. The first-order chi connectivity index (χ1) is 9.78. The van der Waals surface area contributed by atoms with Crippen molar-refractivity contribution in [1.29, 1.82) is 0 Å². The van der Waals surface area contributed by atoms with Crippen molar-refractivity contribution in [2.24, 2.45) is 5.92 Å². The Morgan fingerprint density at radius 3 is 2.80 bits per heavy atom. The molecule has 0 unspecified atom stereocenters. The molecule has 2 aliphatic rings. The lowest BCUT2D eigenvalue weighted by Gasteiger charge is -2.33. The summed E-state index contributed by atoms with van der Waals surface area (Å²) >= 11 is 0. The highest BCUT2D eigenvalue weighted by atomic mass is 16.5. The number of carbonyl (C=O) groups is 1. The second-order valence-electron chi connectivity index (χ2n) is 5.78. The molecule has 1 atom stereocenters. The Balaban J connectivity index is 1.56. The predicted octanol–water partition coefficient (Wildman–Crippen LogP) is 1.91. The highest BCUT2D eigenvalue weighted by Crippen LogP contribution is 2.27. The fourth-order valence-corrected chi connectivity index (χ4v) is 3.22. The minimum absolute atomic E-state index is 0.0774. The Morgan fingerprint density at radius 1 is 1.35 bits per heavy atom. The molecule has 0 aromatic heterocycles. The minimum atomic E-state index is -0.0774. The van der Waals surface area contributed by atoms with Crippen molar-refractivity contribution in [3.8, 4) is 0 Å². The van der Waals surface area contributed by atoms with Gasteiger partial charge in [-0.2, -0.15) is 0 Å². The number of nitrogens with zero attached hydrogens (tertiary/aromatic N) is 1. The predicted molar refractivity (Wildman–Crippen MR) is 78.7 cm³/mol. The van der Waals surface area contributed by atoms with Gasteiger partial charge in [0.25, 0.3) is 0 Å². The monoisotopic (exact) mass is 274 g/mol. The number of methoxy groups -OCH3 is 1. The van der Waals surface area contributed by atoms with Gasteiger partial charge in [-0.25, -0.2) is 0 Å². The van der Waals surface area contributed by atoms with Crippen molar-refractivity contribution >= 4 is 11.6 Å². The average molecular weight is 274 g/mol. The molecule has 1 fully saturated rings. The molecule has 0 radical (unpaired) electrons. The van der Waals surface area contributed by atoms with Gasteiger partial charge >= 0.3 is 0 Å². The number of carbonyl (C=O) groups excluding carboxylic acids is 1. The summed E-state index contributed by atoms with van der Waals surface area (Å²) in [6.07, 6.45) is 2.92. The van der Waals surface area contributed by atoms with Crippen LogP contribution in [0.15, 0.2) is 24.3 Å². The summed E-state index contributed by atoms with van der Waals surface area (Å²) < 4.78 is 5.20. The van der Waals surface area contributed by atoms with Crippen LogP contribution < -0.4 is 5.32 Å². The van der Waals surface area contributed by atoms with E-state index >= 15 is 0 Å². The number of nitrogens with one attached hydrogen (secondary N) is 1. The van der Waals surface area contributed by atoms with Crippen LogP contribution >= 0.6 is 0 Å². The molecule has 1 saturated heterocycles. The van der Waals surface area contributed by atoms with Crippen molar-refractivity contribution in [3.05, 3.63) is 29.8 Å². The van der Waals surface area contributed by atoms with E-state index < -0.39 is 0 Å². The molecule has 20 heavy (non-hydrogen) atoms. The van der Waals surface area contributed by atoms with Crippen molar-refractivity contribution in [3.63, 3.8) is 0 Å². The van der Waals surface area contributed by atoms with Crippen LogP contribution in [0, 0.1) is 5.92 Å². The van der Waals surface area contributed by atoms with Crippen LogP contribution in [0.3, 0.4) is 0 Å². The van der Waals surface area contributed by atoms with Crippen LogP contribution in [0.5, 0.6) is 0 Å². The largest absolute Gasteiger partial charge is 0.384 e. The smallest absolute Gasteiger partial charge is 0.245 e. The summed E-state index contributed by atoms with van der Waals surface area (Å²) in [7, 11) is 1.75. The van der Waals surface area contributed by atoms with E-state index in [4.69, 9.17) is 4.74 Å². The number of amides is 1. The zero-order valence-corrected chi connectivity index (χ0v) is 12.0. The van der Waals surface area contributed by atoms with E-state index in [2.05, 4.69) is 11.4 Å². The van der Waals surface area contributed by atoms with E-state index in [0.29, 0.717) is 5.92 Å². The summed E-state index contributed by atoms with van der Waals surface area (Å²) in [5.74, 6) is 0.856. The number of para-hydroxylation sites is 1. The second kappa shape index (κ2) is 5.83. The van der Waals surface area contributed by atoms with Gasteiger partial charge in [-0.15, -0.1) is 0 Å². The number of rotatable bonds is 3. The van der Waals surface area contributed by atoms with E-state index in [1.54, 1.807) is 7.11 Å². The summed E-state index contributed by atoms with van der Waals surface area (Å²) in [4.78, 5) is 14.6. The number of hydrogen-bond donors (Lipinski definition) is 1. The van der Waals surface area contributed by atoms with Crippen molar-refractivity contribution in [2.75, 3.05) is 32.1 Å². The van der Waals surface area contributed by atoms with Crippen molar-refractivity contribution in [1.82, 2.24) is 4.90 Å². The van der Waals surface area contributed by atoms with Gasteiger partial charge in [-0.05, 0) is 30.4 Å². The van der Waals surface area contributed by atoms with Gasteiger partial charge in [-0.1, -0.05) is 18.2 Å². The van der Waals surface area contributed by atoms with Gasteiger partial charge in [0.1, 0.15) is 6.04 Å². The molecule has 0 bridgehead atoms. The fourth-order valence-electron chi connectivity index (χ4n) is 3.22. The molecule has 4 heteroatoms. The highest BCUT2D eigenvalue weighted by Gasteiger charge is 2.31. The number of piperidine rings is 1. The van der Waals surface area contributed by atoms with Gasteiger partial charge in [0.2, 0.25) is 5.91 Å². The molecule has 0 saturated carbocycles. The minimum Gasteiger partial charge on any atom is -0.384 e. The van der Waals surface area contributed by atoms with E-state index in [0.717, 1.165) is 44.6 Å². The molecule has 2 heterocycles. The maximum atomic E-state index is 12.6. The van der Waals surface area contributed by atoms with Gasteiger partial charge in [0, 0.05) is 38.9 Å². The fraction of sp³-hybridized carbons (Fsp3) is 0.562. The first-order valence-corrected chi connectivity index (χ1v) is 7.40. The lowest BCUT2D eigenvalue weighted by Crippen LogP contribution is -2.46. The zero-order valence-electron chi connectivity index (χ0n) is 12.0. The average Bonchev–Trinajstić information content (AvgIpc) is 2.91. The van der Waals surface area contributed by atoms with Crippen LogP contribution in [0.2, 0.25) is 0 Å². The van der Waals surface area contributed by atoms with E-state index in [-0.39, 0.29) is 11.9 Å². The SMILES string of the molecule is COCC1CCN(C(=O)[C@@H]2Cc3ccccc3N2)CC1. The van der Waals surface area contributed by atoms with Crippen LogP contribution in [0.1, 0.15) is 18.4 Å². The molecule has 1 amide bonds. The third kappa shape index (κ3) is 2.66. The topological polar surface area (TPSA) is 41.6 Å². The molecule has 1 aromatic carbocycles. The van der Waals surface area contributed by atoms with Crippen LogP contribution in [0.25, 0.3) is 0 Å². The molecule has 0 spiro atoms. The zero-order chi connectivity index (χ0) is 13.9. The van der Waals surface area contributed by atoms with Gasteiger partial charge in [0.15, 0.2) is 0 Å². The number of ether oxygens (including phenoxy) is 1. The van der Waals surface area contributed by atoms with Crippen LogP contribution in [-0.4, -0.2) is 43.7 Å². The Kier molecular flexibility index (Phi) is 3.92. The highest BCUT2D eigenvalue weighted by molar-refractivity contribution is 5.87. The van der Waals surface area contributed by atoms with Gasteiger partial charge in [0.05, 0.1) is 0 Å². The lowest BCUT2D eigenvalue weighted by molar-refractivity contribution is -0.133.